The number of aromatic nitrogens is 1. The number of ether oxygens (including phenoxy) is 1. The maximum atomic E-state index is 13.3. The first kappa shape index (κ1) is 21.9. The molecule has 6 nitrogen and oxygen atoms in total. The number of pyridine rings is 1. The highest BCUT2D eigenvalue weighted by molar-refractivity contribution is 6.31. The van der Waals surface area contributed by atoms with Gasteiger partial charge in [-0.15, -0.1) is 0 Å². The molecule has 0 unspecified atom stereocenters. The van der Waals surface area contributed by atoms with Crippen LogP contribution < -0.4 is 4.90 Å². The van der Waals surface area contributed by atoms with Gasteiger partial charge in [-0.2, -0.15) is 13.2 Å². The van der Waals surface area contributed by atoms with Crippen LogP contribution in [0.2, 0.25) is 5.15 Å². The van der Waals surface area contributed by atoms with E-state index in [9.17, 15) is 22.8 Å². The van der Waals surface area contributed by atoms with Crippen molar-refractivity contribution in [3.63, 3.8) is 0 Å². The summed E-state index contributed by atoms with van der Waals surface area (Å²) in [6, 6.07) is 2.64. The van der Waals surface area contributed by atoms with Gasteiger partial charge in [-0.1, -0.05) is 11.6 Å². The van der Waals surface area contributed by atoms with Crippen LogP contribution in [0.5, 0.6) is 0 Å². The van der Waals surface area contributed by atoms with Crippen LogP contribution in [0.1, 0.15) is 37.6 Å². The highest BCUT2D eigenvalue weighted by atomic mass is 35.5. The largest absolute Gasteiger partial charge is 0.443 e. The number of dihydropyridines is 1. The third-order valence-electron chi connectivity index (χ3n) is 3.68. The molecule has 0 aliphatic carbocycles. The summed E-state index contributed by atoms with van der Waals surface area (Å²) in [5, 5.41) is -0.177. The van der Waals surface area contributed by atoms with Crippen LogP contribution >= 0.6 is 11.6 Å². The van der Waals surface area contributed by atoms with E-state index < -0.39 is 30.0 Å². The number of aliphatic imine (C=N–C) groups is 1. The summed E-state index contributed by atoms with van der Waals surface area (Å²) in [5.74, 6) is -0.0437. The predicted octanol–water partition coefficient (Wildman–Crippen LogP) is 4.62. The van der Waals surface area contributed by atoms with Crippen LogP contribution in [0, 0.1) is 0 Å². The Hall–Kier alpha value is -2.42. The minimum Gasteiger partial charge on any atom is -0.443 e. The molecule has 0 N–H and O–H groups in total. The zero-order valence-electron chi connectivity index (χ0n) is 15.5. The Labute approximate surface area is 165 Å². The smallest absolute Gasteiger partial charge is 0.416 e. The minimum absolute atomic E-state index is 0.0168. The predicted molar refractivity (Wildman–Crippen MR) is 99.3 cm³/mol. The number of anilines is 1. The number of carbonyl (C=O) groups is 2. The first-order chi connectivity index (χ1) is 12.9. The van der Waals surface area contributed by atoms with Crippen molar-refractivity contribution in [1.82, 2.24) is 4.98 Å². The molecule has 1 aromatic heterocycles. The molecule has 1 amide bonds. The average Bonchev–Trinajstić information content (AvgIpc) is 2.57. The van der Waals surface area contributed by atoms with Crippen LogP contribution in [-0.2, 0) is 4.74 Å². The van der Waals surface area contributed by atoms with Crippen LogP contribution in [0.3, 0.4) is 0 Å². The topological polar surface area (TPSA) is 71.9 Å². The minimum atomic E-state index is -4.55. The number of carbonyl (C=O) groups excluding carboxylic acids is 2. The molecule has 152 valence electrons. The molecule has 2 rings (SSSR count). The van der Waals surface area contributed by atoms with E-state index in [-0.39, 0.29) is 35.1 Å². The monoisotopic (exact) mass is 417 g/mol. The van der Waals surface area contributed by atoms with Crippen molar-refractivity contribution >= 4 is 36.0 Å². The molecule has 1 aliphatic rings. The molecule has 0 saturated heterocycles. The average molecular weight is 418 g/mol. The van der Waals surface area contributed by atoms with Gasteiger partial charge in [0, 0.05) is 18.3 Å². The van der Waals surface area contributed by atoms with E-state index in [1.807, 2.05) is 0 Å². The summed E-state index contributed by atoms with van der Waals surface area (Å²) in [4.78, 5) is 32.4. The first-order valence-corrected chi connectivity index (χ1v) is 8.71. The van der Waals surface area contributed by atoms with E-state index in [2.05, 4.69) is 9.98 Å². The van der Waals surface area contributed by atoms with Crippen LogP contribution in [0.4, 0.5) is 23.8 Å². The summed E-state index contributed by atoms with van der Waals surface area (Å²) >= 11 is 5.92. The summed E-state index contributed by atoms with van der Waals surface area (Å²) in [7, 11) is 0. The van der Waals surface area contributed by atoms with Crippen molar-refractivity contribution in [2.24, 2.45) is 4.99 Å². The second kappa shape index (κ2) is 8.30. The molecule has 1 aliphatic heterocycles. The molecule has 0 fully saturated rings. The molecule has 0 aromatic carbocycles. The number of hydrogen-bond acceptors (Lipinski definition) is 5. The van der Waals surface area contributed by atoms with Gasteiger partial charge >= 0.3 is 12.3 Å². The van der Waals surface area contributed by atoms with E-state index in [1.54, 1.807) is 20.8 Å². The number of hydrogen-bond donors (Lipinski definition) is 0. The normalized spacial score (nSPS) is 14.8. The number of nitrogens with zero attached hydrogens (tertiary/aromatic N) is 3. The zero-order valence-corrected chi connectivity index (χ0v) is 16.3. The molecule has 1 aromatic rings. The van der Waals surface area contributed by atoms with E-state index in [0.717, 1.165) is 11.1 Å². The fourth-order valence-corrected chi connectivity index (χ4v) is 2.64. The molecular weight excluding hydrogens is 399 g/mol. The molecule has 2 heterocycles. The molecule has 28 heavy (non-hydrogen) atoms. The Morgan fingerprint density at radius 3 is 2.54 bits per heavy atom. The van der Waals surface area contributed by atoms with Crippen molar-refractivity contribution in [3.8, 4) is 0 Å². The molecule has 0 bridgehead atoms. The lowest BCUT2D eigenvalue weighted by Crippen LogP contribution is -2.39. The maximum Gasteiger partial charge on any atom is 0.416 e. The van der Waals surface area contributed by atoms with Gasteiger partial charge in [-0.05, 0) is 44.9 Å². The summed E-state index contributed by atoms with van der Waals surface area (Å²) < 4.78 is 45.3. The number of aldehydes is 1. The standard InChI is InChI=1S/C18H19ClF3N3O3/c1-17(2,3)28-16(27)25(14-5-4-11(10-26)15(19)24-14)9-12-8-23-7-6-13(12)18(20,21)22/h4-5,8,10H,6-7,9H2,1-3H3. The summed E-state index contributed by atoms with van der Waals surface area (Å²) in [5.41, 5.74) is -1.72. The number of halogens is 4. The molecule has 0 radical (unpaired) electrons. The van der Waals surface area contributed by atoms with Crippen molar-refractivity contribution in [2.45, 2.75) is 39.0 Å². The van der Waals surface area contributed by atoms with E-state index in [1.165, 1.54) is 12.1 Å². The Kier molecular flexibility index (Phi) is 6.48. The molecule has 0 spiro atoms. The Balaban J connectivity index is 2.48. The Morgan fingerprint density at radius 1 is 1.32 bits per heavy atom. The maximum absolute atomic E-state index is 13.3. The van der Waals surface area contributed by atoms with Gasteiger partial charge in [0.25, 0.3) is 0 Å². The molecule has 10 heteroatoms. The zero-order chi connectivity index (χ0) is 21.1. The van der Waals surface area contributed by atoms with Crippen LogP contribution in [0.25, 0.3) is 0 Å². The lowest BCUT2D eigenvalue weighted by molar-refractivity contribution is -0.0944. The van der Waals surface area contributed by atoms with Crippen molar-refractivity contribution < 1.29 is 27.5 Å². The summed E-state index contributed by atoms with van der Waals surface area (Å²) in [6.07, 6.45) is -4.15. The Bertz CT molecular complexity index is 830. The second-order valence-corrected chi connectivity index (χ2v) is 7.38. The van der Waals surface area contributed by atoms with Crippen LogP contribution in [-0.4, -0.2) is 48.4 Å². The highest BCUT2D eigenvalue weighted by Crippen LogP contribution is 2.33. The van der Waals surface area contributed by atoms with E-state index in [0.29, 0.717) is 6.29 Å². The fourth-order valence-electron chi connectivity index (χ4n) is 2.45. The van der Waals surface area contributed by atoms with Crippen molar-refractivity contribution in [1.29, 1.82) is 0 Å². The van der Waals surface area contributed by atoms with Crippen LogP contribution in [0.15, 0.2) is 28.3 Å². The van der Waals surface area contributed by atoms with Crippen molar-refractivity contribution in [3.05, 3.63) is 34.0 Å². The number of rotatable bonds is 4. The van der Waals surface area contributed by atoms with E-state index in [4.69, 9.17) is 16.3 Å². The van der Waals surface area contributed by atoms with Gasteiger partial charge in [-0.3, -0.25) is 14.7 Å². The van der Waals surface area contributed by atoms with E-state index >= 15 is 0 Å². The lowest BCUT2D eigenvalue weighted by atomic mass is 10.0. The summed E-state index contributed by atoms with van der Waals surface area (Å²) in [6.45, 7) is 4.43. The number of amides is 1. The van der Waals surface area contributed by atoms with Gasteiger partial charge in [0.05, 0.1) is 12.1 Å². The quantitative estimate of drug-likeness (QED) is 0.529. The van der Waals surface area contributed by atoms with Gasteiger partial charge < -0.3 is 4.74 Å². The van der Waals surface area contributed by atoms with Gasteiger partial charge in [0.1, 0.15) is 16.6 Å². The molecule has 0 atom stereocenters. The van der Waals surface area contributed by atoms with Gasteiger partial charge in [-0.25, -0.2) is 9.78 Å². The third-order valence-corrected chi connectivity index (χ3v) is 3.98. The molecular formula is C18H19ClF3N3O3. The number of alkyl halides is 3. The third kappa shape index (κ3) is 5.54. The van der Waals surface area contributed by atoms with Gasteiger partial charge in [0.2, 0.25) is 0 Å². The van der Waals surface area contributed by atoms with Gasteiger partial charge in [0.15, 0.2) is 6.29 Å². The fraction of sp³-hybridized carbons (Fsp3) is 0.444. The first-order valence-electron chi connectivity index (χ1n) is 8.33. The Morgan fingerprint density at radius 2 is 2.00 bits per heavy atom. The van der Waals surface area contributed by atoms with Crippen molar-refractivity contribution in [2.75, 3.05) is 18.0 Å². The lowest BCUT2D eigenvalue weighted by Gasteiger charge is -2.28. The SMILES string of the molecule is CC(C)(C)OC(=O)N(CC1=C(C(F)(F)F)CCN=C1)c1ccc(C=O)c(Cl)n1. The second-order valence-electron chi connectivity index (χ2n) is 7.02. The highest BCUT2D eigenvalue weighted by Gasteiger charge is 2.37. The molecule has 0 saturated carbocycles.